The van der Waals surface area contributed by atoms with E-state index in [0.29, 0.717) is 26.4 Å². The fraction of sp³-hybridized carbons (Fsp3) is 0.500. The summed E-state index contributed by atoms with van der Waals surface area (Å²) in [5, 5.41) is 0.868. The third-order valence-electron chi connectivity index (χ3n) is 2.01. The average Bonchev–Trinajstić information content (AvgIpc) is 2.34. The molecule has 3 nitrogen and oxygen atoms in total. The van der Waals surface area contributed by atoms with Crippen LogP contribution in [0.3, 0.4) is 0 Å². The van der Waals surface area contributed by atoms with Crippen molar-refractivity contribution in [2.75, 3.05) is 33.5 Å². The van der Waals surface area contributed by atoms with Gasteiger partial charge in [0.25, 0.3) is 0 Å². The van der Waals surface area contributed by atoms with Crippen LogP contribution in [0, 0.1) is 0 Å². The van der Waals surface area contributed by atoms with Gasteiger partial charge in [0.2, 0.25) is 0 Å². The Balaban J connectivity index is 2.12. The average molecular weight is 289 g/mol. The van der Waals surface area contributed by atoms with Crippen LogP contribution < -0.4 is 4.74 Å². The molecule has 0 radical (unpaired) electrons. The van der Waals surface area contributed by atoms with E-state index in [1.54, 1.807) is 7.11 Å². The lowest BCUT2D eigenvalue weighted by Gasteiger charge is -2.07. The minimum atomic E-state index is 0.567. The van der Waals surface area contributed by atoms with Gasteiger partial charge in [-0.1, -0.05) is 28.1 Å². The summed E-state index contributed by atoms with van der Waals surface area (Å²) in [6, 6.07) is 8.00. The van der Waals surface area contributed by atoms with E-state index < -0.39 is 0 Å². The van der Waals surface area contributed by atoms with Crippen molar-refractivity contribution in [3.8, 4) is 5.75 Å². The van der Waals surface area contributed by atoms with Crippen LogP contribution in [0.25, 0.3) is 0 Å². The van der Waals surface area contributed by atoms with Gasteiger partial charge in [0, 0.05) is 12.4 Å². The van der Waals surface area contributed by atoms with Crippen molar-refractivity contribution in [3.05, 3.63) is 29.8 Å². The second-order valence-electron chi connectivity index (χ2n) is 3.23. The molecule has 0 amide bonds. The summed E-state index contributed by atoms with van der Waals surface area (Å²) in [5.74, 6) is 0.875. The minimum Gasteiger partial charge on any atom is -0.491 e. The molecule has 0 saturated heterocycles. The lowest BCUT2D eigenvalue weighted by atomic mass is 10.2. The first-order chi connectivity index (χ1) is 7.86. The van der Waals surface area contributed by atoms with Gasteiger partial charge < -0.3 is 14.2 Å². The predicted octanol–water partition coefficient (Wildman–Crippen LogP) is 2.62. The summed E-state index contributed by atoms with van der Waals surface area (Å²) in [6.07, 6.45) is 0. The Morgan fingerprint density at radius 3 is 2.31 bits per heavy atom. The van der Waals surface area contributed by atoms with Crippen molar-refractivity contribution in [3.63, 3.8) is 0 Å². The largest absolute Gasteiger partial charge is 0.491 e. The Morgan fingerprint density at radius 2 is 1.69 bits per heavy atom. The maximum absolute atomic E-state index is 5.50. The Bertz CT molecular complexity index is 274. The van der Waals surface area contributed by atoms with Crippen LogP contribution in [-0.2, 0) is 14.8 Å². The second kappa shape index (κ2) is 8.56. The number of hydrogen-bond acceptors (Lipinski definition) is 3. The molecule has 0 spiro atoms. The van der Waals surface area contributed by atoms with Gasteiger partial charge in [-0.2, -0.15) is 0 Å². The number of alkyl halides is 1. The summed E-state index contributed by atoms with van der Waals surface area (Å²) in [7, 11) is 1.66. The fourth-order valence-electron chi connectivity index (χ4n) is 1.14. The molecule has 0 N–H and O–H groups in total. The lowest BCUT2D eigenvalue weighted by molar-refractivity contribution is 0.0544. The Labute approximate surface area is 105 Å². The summed E-state index contributed by atoms with van der Waals surface area (Å²) in [4.78, 5) is 0. The number of halogens is 1. The standard InChI is InChI=1S/C12H17BrO3/c1-14-6-7-15-8-9-16-12-4-2-11(10-13)3-5-12/h2-5H,6-10H2,1H3. The van der Waals surface area contributed by atoms with E-state index in [1.165, 1.54) is 5.56 Å². The van der Waals surface area contributed by atoms with Crippen LogP contribution in [0.1, 0.15) is 5.56 Å². The normalized spacial score (nSPS) is 10.4. The van der Waals surface area contributed by atoms with Crippen LogP contribution in [0.5, 0.6) is 5.75 Å². The van der Waals surface area contributed by atoms with E-state index in [0.717, 1.165) is 11.1 Å². The van der Waals surface area contributed by atoms with Gasteiger partial charge in [0.05, 0.1) is 19.8 Å². The molecule has 0 unspecified atom stereocenters. The number of hydrogen-bond donors (Lipinski definition) is 0. The quantitative estimate of drug-likeness (QED) is 0.544. The first-order valence-corrected chi connectivity index (χ1v) is 6.33. The van der Waals surface area contributed by atoms with E-state index >= 15 is 0 Å². The third kappa shape index (κ3) is 5.49. The van der Waals surface area contributed by atoms with E-state index in [1.807, 2.05) is 24.3 Å². The zero-order chi connectivity index (χ0) is 11.6. The molecule has 0 bridgehead atoms. The van der Waals surface area contributed by atoms with Crippen LogP contribution in [0.15, 0.2) is 24.3 Å². The first-order valence-electron chi connectivity index (χ1n) is 5.21. The second-order valence-corrected chi connectivity index (χ2v) is 3.79. The van der Waals surface area contributed by atoms with Crippen LogP contribution >= 0.6 is 15.9 Å². The molecule has 0 aliphatic rings. The lowest BCUT2D eigenvalue weighted by Crippen LogP contribution is -2.09. The fourth-order valence-corrected chi connectivity index (χ4v) is 1.51. The summed E-state index contributed by atoms with van der Waals surface area (Å²) in [5.41, 5.74) is 1.24. The smallest absolute Gasteiger partial charge is 0.119 e. The van der Waals surface area contributed by atoms with Crippen LogP contribution in [0.4, 0.5) is 0 Å². The molecule has 0 saturated carbocycles. The molecule has 16 heavy (non-hydrogen) atoms. The molecule has 4 heteroatoms. The molecule has 0 heterocycles. The summed E-state index contributed by atoms with van der Waals surface area (Å²) in [6.45, 7) is 2.39. The van der Waals surface area contributed by atoms with Crippen molar-refractivity contribution in [2.45, 2.75) is 5.33 Å². The number of methoxy groups -OCH3 is 1. The molecular formula is C12H17BrO3. The van der Waals surface area contributed by atoms with Gasteiger partial charge in [0.15, 0.2) is 0 Å². The van der Waals surface area contributed by atoms with E-state index in [4.69, 9.17) is 14.2 Å². The van der Waals surface area contributed by atoms with Gasteiger partial charge >= 0.3 is 0 Å². The molecule has 0 aliphatic heterocycles. The van der Waals surface area contributed by atoms with Crippen molar-refractivity contribution in [2.24, 2.45) is 0 Å². The summed E-state index contributed by atoms with van der Waals surface area (Å²) >= 11 is 3.40. The first kappa shape index (κ1) is 13.5. The zero-order valence-corrected chi connectivity index (χ0v) is 11.0. The maximum atomic E-state index is 5.50. The molecule has 1 aromatic rings. The van der Waals surface area contributed by atoms with E-state index in [2.05, 4.69) is 15.9 Å². The Morgan fingerprint density at radius 1 is 1.00 bits per heavy atom. The van der Waals surface area contributed by atoms with E-state index in [-0.39, 0.29) is 0 Å². The molecule has 1 rings (SSSR count). The maximum Gasteiger partial charge on any atom is 0.119 e. The highest BCUT2D eigenvalue weighted by molar-refractivity contribution is 9.08. The minimum absolute atomic E-state index is 0.567. The van der Waals surface area contributed by atoms with Crippen molar-refractivity contribution in [1.82, 2.24) is 0 Å². The van der Waals surface area contributed by atoms with Gasteiger partial charge in [-0.15, -0.1) is 0 Å². The highest BCUT2D eigenvalue weighted by Gasteiger charge is 1.94. The van der Waals surface area contributed by atoms with Crippen molar-refractivity contribution in [1.29, 1.82) is 0 Å². The van der Waals surface area contributed by atoms with Crippen molar-refractivity contribution >= 4 is 15.9 Å². The highest BCUT2D eigenvalue weighted by atomic mass is 79.9. The molecule has 1 aromatic carbocycles. The highest BCUT2D eigenvalue weighted by Crippen LogP contribution is 2.13. The van der Waals surface area contributed by atoms with Gasteiger partial charge in [0.1, 0.15) is 12.4 Å². The van der Waals surface area contributed by atoms with Crippen molar-refractivity contribution < 1.29 is 14.2 Å². The number of ether oxygens (including phenoxy) is 3. The Kier molecular flexibility index (Phi) is 7.21. The molecule has 0 aromatic heterocycles. The zero-order valence-electron chi connectivity index (χ0n) is 9.45. The Hall–Kier alpha value is -0.580. The van der Waals surface area contributed by atoms with Gasteiger partial charge in [-0.05, 0) is 17.7 Å². The van der Waals surface area contributed by atoms with Crippen LogP contribution in [0.2, 0.25) is 0 Å². The molecule has 0 aliphatic carbocycles. The molecule has 0 fully saturated rings. The third-order valence-corrected chi connectivity index (χ3v) is 2.65. The number of rotatable bonds is 8. The summed E-state index contributed by atoms with van der Waals surface area (Å²) < 4.78 is 15.6. The number of benzene rings is 1. The van der Waals surface area contributed by atoms with Crippen LogP contribution in [-0.4, -0.2) is 33.5 Å². The van der Waals surface area contributed by atoms with Gasteiger partial charge in [-0.25, -0.2) is 0 Å². The molecular weight excluding hydrogens is 272 g/mol. The molecule has 90 valence electrons. The molecule has 0 atom stereocenters. The predicted molar refractivity (Wildman–Crippen MR) is 67.3 cm³/mol. The SMILES string of the molecule is COCCOCCOc1ccc(CBr)cc1. The van der Waals surface area contributed by atoms with Gasteiger partial charge in [-0.3, -0.25) is 0 Å². The topological polar surface area (TPSA) is 27.7 Å². The monoisotopic (exact) mass is 288 g/mol. The van der Waals surface area contributed by atoms with E-state index in [9.17, 15) is 0 Å².